The summed E-state index contributed by atoms with van der Waals surface area (Å²) in [5.74, 6) is -3.21. The number of benzene rings is 2. The third-order valence-corrected chi connectivity index (χ3v) is 5.96. The molecule has 6 nitrogen and oxygen atoms in total. The summed E-state index contributed by atoms with van der Waals surface area (Å²) < 4.78 is 79.2. The lowest BCUT2D eigenvalue weighted by molar-refractivity contribution is -0.242. The summed E-state index contributed by atoms with van der Waals surface area (Å²) in [7, 11) is -4.19. The van der Waals surface area contributed by atoms with Gasteiger partial charge in [-0.25, -0.2) is 12.8 Å². The van der Waals surface area contributed by atoms with Crippen molar-refractivity contribution in [3.63, 3.8) is 0 Å². The van der Waals surface area contributed by atoms with Gasteiger partial charge < -0.3 is 10.4 Å². The van der Waals surface area contributed by atoms with Crippen molar-refractivity contribution in [1.29, 1.82) is 0 Å². The van der Waals surface area contributed by atoms with Crippen LogP contribution in [-0.4, -0.2) is 37.5 Å². The Morgan fingerprint density at radius 3 is 2.17 bits per heavy atom. The molecular weight excluding hydrogens is 436 g/mol. The Bertz CT molecular complexity index is 1010. The van der Waals surface area contributed by atoms with E-state index in [0.29, 0.717) is 6.07 Å². The number of hydrogen-bond donors (Lipinski definition) is 3. The Balaban J connectivity index is 2.22. The van der Waals surface area contributed by atoms with Crippen LogP contribution in [0.2, 0.25) is 0 Å². The number of aliphatic hydroxyl groups is 1. The first kappa shape index (κ1) is 23.0. The second kappa shape index (κ2) is 8.20. The largest absolute Gasteiger partial charge is 0.426 e. The fraction of sp³-hybridized carbons (Fsp3) is 0.235. The highest BCUT2D eigenvalue weighted by molar-refractivity contribution is 7.98. The van der Waals surface area contributed by atoms with Gasteiger partial charge in [-0.3, -0.25) is 9.52 Å². The average molecular weight is 452 g/mol. The van der Waals surface area contributed by atoms with Crippen molar-refractivity contribution in [3.05, 3.63) is 48.3 Å². The summed E-state index contributed by atoms with van der Waals surface area (Å²) in [6.07, 6.45) is -3.44. The molecule has 0 unspecified atom stereocenters. The standard InChI is InChI=1S/C17H16F4N2O4S2/c1-16(25,17(19,20)21)15(24)22-14-8-7-12(9-13(14)18)29(26,27)23-10-3-5-11(28-2)6-4-10/h3-9,23,25H,1-2H3,(H,22,24)/t16-/m1/s1. The SMILES string of the molecule is CSc1ccc(NS(=O)(=O)c2ccc(NC(=O)[C@@](C)(O)C(F)(F)F)c(F)c2)cc1. The number of amides is 1. The predicted molar refractivity (Wildman–Crippen MR) is 101 cm³/mol. The first-order chi connectivity index (χ1) is 13.3. The number of alkyl halides is 3. The van der Waals surface area contributed by atoms with E-state index in [1.807, 2.05) is 6.26 Å². The maximum Gasteiger partial charge on any atom is 0.426 e. The van der Waals surface area contributed by atoms with Crippen LogP contribution in [0, 0.1) is 5.82 Å². The van der Waals surface area contributed by atoms with Crippen molar-refractivity contribution in [2.24, 2.45) is 0 Å². The fourth-order valence-corrected chi connectivity index (χ4v) is 3.49. The molecule has 0 aliphatic heterocycles. The molecule has 158 valence electrons. The van der Waals surface area contributed by atoms with E-state index in [0.717, 1.165) is 17.0 Å². The molecule has 0 saturated carbocycles. The number of nitrogens with one attached hydrogen (secondary N) is 2. The molecule has 0 radical (unpaired) electrons. The molecule has 29 heavy (non-hydrogen) atoms. The van der Waals surface area contributed by atoms with Crippen LogP contribution >= 0.6 is 11.8 Å². The number of anilines is 2. The second-order valence-electron chi connectivity index (χ2n) is 6.00. The molecular formula is C17H16F4N2O4S2. The minimum atomic E-state index is -5.29. The number of carbonyl (C=O) groups is 1. The molecule has 12 heteroatoms. The highest BCUT2D eigenvalue weighted by Crippen LogP contribution is 2.31. The van der Waals surface area contributed by atoms with E-state index < -0.39 is 44.1 Å². The van der Waals surface area contributed by atoms with Gasteiger partial charge in [-0.05, 0) is 55.6 Å². The van der Waals surface area contributed by atoms with Crippen molar-refractivity contribution in [2.75, 3.05) is 16.3 Å². The van der Waals surface area contributed by atoms with E-state index in [1.54, 1.807) is 17.4 Å². The van der Waals surface area contributed by atoms with Gasteiger partial charge in [0, 0.05) is 10.6 Å². The van der Waals surface area contributed by atoms with Crippen molar-refractivity contribution >= 4 is 39.1 Å². The van der Waals surface area contributed by atoms with E-state index in [9.17, 15) is 35.9 Å². The summed E-state index contributed by atoms with van der Waals surface area (Å²) in [6, 6.07) is 8.59. The zero-order chi connectivity index (χ0) is 22.0. The van der Waals surface area contributed by atoms with E-state index >= 15 is 0 Å². The van der Waals surface area contributed by atoms with Gasteiger partial charge >= 0.3 is 6.18 Å². The quantitative estimate of drug-likeness (QED) is 0.460. The fourth-order valence-electron chi connectivity index (χ4n) is 2.01. The molecule has 0 aliphatic rings. The topological polar surface area (TPSA) is 95.5 Å². The lowest BCUT2D eigenvalue weighted by Crippen LogP contribution is -2.52. The number of rotatable bonds is 6. The van der Waals surface area contributed by atoms with Crippen LogP contribution in [0.1, 0.15) is 6.92 Å². The van der Waals surface area contributed by atoms with Gasteiger partial charge in [0.1, 0.15) is 5.82 Å². The Morgan fingerprint density at radius 1 is 1.10 bits per heavy atom. The summed E-state index contributed by atoms with van der Waals surface area (Å²) in [5, 5.41) is 10.9. The zero-order valence-corrected chi connectivity index (χ0v) is 16.7. The average Bonchev–Trinajstić information content (AvgIpc) is 2.62. The molecule has 0 aromatic heterocycles. The Kier molecular flexibility index (Phi) is 6.50. The van der Waals surface area contributed by atoms with Gasteiger partial charge in [0.05, 0.1) is 10.6 Å². The van der Waals surface area contributed by atoms with E-state index in [4.69, 9.17) is 0 Å². The molecule has 0 aliphatic carbocycles. The molecule has 2 rings (SSSR count). The van der Waals surface area contributed by atoms with Crippen molar-refractivity contribution < 1.29 is 35.9 Å². The minimum absolute atomic E-state index is 0.214. The van der Waals surface area contributed by atoms with Crippen molar-refractivity contribution in [2.45, 2.75) is 28.5 Å². The molecule has 1 amide bonds. The number of thioether (sulfide) groups is 1. The highest BCUT2D eigenvalue weighted by atomic mass is 32.2. The molecule has 0 heterocycles. The van der Waals surface area contributed by atoms with Crippen LogP contribution in [0.25, 0.3) is 0 Å². The summed E-state index contributed by atoms with van der Waals surface area (Å²) >= 11 is 1.45. The first-order valence-corrected chi connectivity index (χ1v) is 10.6. The van der Waals surface area contributed by atoms with Gasteiger partial charge in [-0.1, -0.05) is 0 Å². The molecule has 0 bridgehead atoms. The van der Waals surface area contributed by atoms with Gasteiger partial charge in [0.25, 0.3) is 15.9 Å². The summed E-state index contributed by atoms with van der Waals surface area (Å²) in [6.45, 7) is 0.214. The van der Waals surface area contributed by atoms with Crippen LogP contribution in [0.15, 0.2) is 52.3 Å². The van der Waals surface area contributed by atoms with Gasteiger partial charge in [-0.2, -0.15) is 13.2 Å². The number of halogens is 4. The normalized spacial score (nSPS) is 14.2. The Hall–Kier alpha value is -2.31. The third-order valence-electron chi connectivity index (χ3n) is 3.84. The van der Waals surface area contributed by atoms with Gasteiger partial charge in [-0.15, -0.1) is 11.8 Å². The molecule has 0 fully saturated rings. The summed E-state index contributed by atoms with van der Waals surface area (Å²) in [5.41, 5.74) is -4.25. The monoisotopic (exact) mass is 452 g/mol. The van der Waals surface area contributed by atoms with Gasteiger partial charge in [0.2, 0.25) is 5.60 Å². The smallest absolute Gasteiger partial charge is 0.373 e. The number of hydrogen-bond acceptors (Lipinski definition) is 5. The van der Waals surface area contributed by atoms with Crippen LogP contribution < -0.4 is 10.0 Å². The lowest BCUT2D eigenvalue weighted by atomic mass is 10.1. The third kappa shape index (κ3) is 5.19. The highest BCUT2D eigenvalue weighted by Gasteiger charge is 2.55. The van der Waals surface area contributed by atoms with Crippen LogP contribution in [0.4, 0.5) is 28.9 Å². The zero-order valence-electron chi connectivity index (χ0n) is 15.0. The lowest BCUT2D eigenvalue weighted by Gasteiger charge is -2.25. The minimum Gasteiger partial charge on any atom is -0.373 e. The second-order valence-corrected chi connectivity index (χ2v) is 8.56. The molecule has 3 N–H and O–H groups in total. The van der Waals surface area contributed by atoms with Crippen LogP contribution in [-0.2, 0) is 14.8 Å². The maximum atomic E-state index is 14.2. The Morgan fingerprint density at radius 2 is 1.69 bits per heavy atom. The van der Waals surface area contributed by atoms with E-state index in [1.165, 1.54) is 23.9 Å². The Labute approximate surface area is 168 Å². The van der Waals surface area contributed by atoms with Crippen molar-refractivity contribution in [3.8, 4) is 0 Å². The van der Waals surface area contributed by atoms with Crippen molar-refractivity contribution in [1.82, 2.24) is 0 Å². The number of carbonyl (C=O) groups excluding carboxylic acids is 1. The summed E-state index contributed by atoms with van der Waals surface area (Å²) in [4.78, 5) is 12.0. The molecule has 0 spiro atoms. The van der Waals surface area contributed by atoms with Gasteiger partial charge in [0.15, 0.2) is 0 Å². The van der Waals surface area contributed by atoms with E-state index in [2.05, 4.69) is 4.72 Å². The first-order valence-electron chi connectivity index (χ1n) is 7.85. The molecule has 1 atom stereocenters. The van der Waals surface area contributed by atoms with Crippen LogP contribution in [0.3, 0.4) is 0 Å². The number of sulfonamides is 1. The van der Waals surface area contributed by atoms with Crippen LogP contribution in [0.5, 0.6) is 0 Å². The maximum absolute atomic E-state index is 14.2. The molecule has 2 aromatic carbocycles. The van der Waals surface area contributed by atoms with E-state index in [-0.39, 0.29) is 12.6 Å². The predicted octanol–water partition coefficient (Wildman–Crippen LogP) is 3.60. The molecule has 0 saturated heterocycles. The molecule has 2 aromatic rings.